The topological polar surface area (TPSA) is 97.7 Å². The monoisotopic (exact) mass is 377 g/mol. The maximum absolute atomic E-state index is 13.1. The van der Waals surface area contributed by atoms with Crippen molar-refractivity contribution < 1.29 is 19.1 Å². The highest BCUT2D eigenvalue weighted by atomic mass is 16.5. The minimum atomic E-state index is -0.984. The third kappa shape index (κ3) is 4.75. The van der Waals surface area contributed by atoms with Gasteiger partial charge in [-0.1, -0.05) is 13.8 Å². The molecule has 1 N–H and O–H groups in total. The molecule has 0 aromatic carbocycles. The summed E-state index contributed by atoms with van der Waals surface area (Å²) in [4.78, 5) is 51.2. The molecule has 0 radical (unpaired) electrons. The third-order valence-corrected chi connectivity index (χ3v) is 4.71. The van der Waals surface area contributed by atoms with Crippen LogP contribution < -0.4 is 10.9 Å². The summed E-state index contributed by atoms with van der Waals surface area (Å²) in [7, 11) is 1.23. The van der Waals surface area contributed by atoms with E-state index < -0.39 is 23.8 Å². The van der Waals surface area contributed by atoms with Crippen molar-refractivity contribution in [3.8, 4) is 0 Å². The van der Waals surface area contributed by atoms with Crippen LogP contribution in [0.3, 0.4) is 0 Å². The smallest absolute Gasteiger partial charge is 0.308 e. The molecule has 0 aliphatic carbocycles. The minimum absolute atomic E-state index is 0.0471. The molecular formula is C19H27N3O5. The summed E-state index contributed by atoms with van der Waals surface area (Å²) in [6, 6.07) is 0.746. The lowest BCUT2D eigenvalue weighted by Crippen LogP contribution is -2.58. The lowest BCUT2D eigenvalue weighted by atomic mass is 10.0. The maximum Gasteiger partial charge on any atom is 0.308 e. The van der Waals surface area contributed by atoms with Crippen molar-refractivity contribution in [2.75, 3.05) is 20.2 Å². The van der Waals surface area contributed by atoms with Crippen LogP contribution in [0, 0.1) is 12.8 Å². The zero-order chi connectivity index (χ0) is 20.1. The quantitative estimate of drug-likeness (QED) is 0.736. The second-order valence-electron chi connectivity index (χ2n) is 7.14. The number of aromatic nitrogens is 1. The number of ether oxygens (including phenoxy) is 1. The van der Waals surface area contributed by atoms with Crippen molar-refractivity contribution in [3.63, 3.8) is 0 Å². The number of piperazine rings is 1. The highest BCUT2D eigenvalue weighted by Gasteiger charge is 2.36. The molecular weight excluding hydrogens is 350 g/mol. The number of carbonyl (C=O) groups is 3. The number of hydrogen-bond acceptors (Lipinski definition) is 5. The number of esters is 1. The van der Waals surface area contributed by atoms with Crippen LogP contribution in [-0.4, -0.2) is 53.5 Å². The van der Waals surface area contributed by atoms with Gasteiger partial charge in [0.1, 0.15) is 11.6 Å². The molecule has 27 heavy (non-hydrogen) atoms. The highest BCUT2D eigenvalue weighted by Crippen LogP contribution is 2.15. The lowest BCUT2D eigenvalue weighted by Gasteiger charge is -2.34. The molecule has 0 bridgehead atoms. The second kappa shape index (κ2) is 8.83. The molecule has 2 rings (SSSR count). The molecule has 2 amide bonds. The minimum Gasteiger partial charge on any atom is -0.469 e. The zero-order valence-electron chi connectivity index (χ0n) is 16.3. The SMILES string of the molecule is COC(=O)CC1C(=O)NCCN1C(=O)c1c(C)ccn(CCC(C)C)c1=O. The van der Waals surface area contributed by atoms with Gasteiger partial charge in [-0.3, -0.25) is 19.2 Å². The largest absolute Gasteiger partial charge is 0.469 e. The van der Waals surface area contributed by atoms with E-state index in [0.29, 0.717) is 18.0 Å². The maximum atomic E-state index is 13.1. The summed E-state index contributed by atoms with van der Waals surface area (Å²) in [5.41, 5.74) is 0.225. The Morgan fingerprint density at radius 3 is 2.67 bits per heavy atom. The molecule has 1 atom stereocenters. The van der Waals surface area contributed by atoms with Crippen LogP contribution in [0.25, 0.3) is 0 Å². The fourth-order valence-electron chi connectivity index (χ4n) is 3.04. The Hall–Kier alpha value is -2.64. The van der Waals surface area contributed by atoms with Gasteiger partial charge in [-0.25, -0.2) is 0 Å². The molecule has 1 aliphatic heterocycles. The molecule has 8 heteroatoms. The number of nitrogens with one attached hydrogen (secondary N) is 1. The average molecular weight is 377 g/mol. The van der Waals surface area contributed by atoms with Crippen molar-refractivity contribution in [1.82, 2.24) is 14.8 Å². The van der Waals surface area contributed by atoms with Crippen LogP contribution in [0.1, 0.15) is 42.6 Å². The van der Waals surface area contributed by atoms with Gasteiger partial charge in [-0.05, 0) is 30.9 Å². The van der Waals surface area contributed by atoms with E-state index >= 15 is 0 Å². The van der Waals surface area contributed by atoms with E-state index in [1.165, 1.54) is 16.6 Å². The van der Waals surface area contributed by atoms with Crippen molar-refractivity contribution in [3.05, 3.63) is 33.7 Å². The number of aryl methyl sites for hydroxylation is 2. The fraction of sp³-hybridized carbons (Fsp3) is 0.579. The predicted molar refractivity (Wildman–Crippen MR) is 99.4 cm³/mol. The van der Waals surface area contributed by atoms with Gasteiger partial charge in [0, 0.05) is 25.8 Å². The molecule has 2 heterocycles. The predicted octanol–water partition coefficient (Wildman–Crippen LogP) is 0.707. The van der Waals surface area contributed by atoms with Crippen LogP contribution in [0.4, 0.5) is 0 Å². The van der Waals surface area contributed by atoms with Crippen molar-refractivity contribution in [1.29, 1.82) is 0 Å². The summed E-state index contributed by atoms with van der Waals surface area (Å²) in [5.74, 6) is -1.12. The van der Waals surface area contributed by atoms with Crippen molar-refractivity contribution >= 4 is 17.8 Å². The Kier molecular flexibility index (Phi) is 6.76. The van der Waals surface area contributed by atoms with E-state index in [0.717, 1.165) is 6.42 Å². The first-order valence-electron chi connectivity index (χ1n) is 9.11. The fourth-order valence-corrected chi connectivity index (χ4v) is 3.04. The molecule has 0 spiro atoms. The van der Waals surface area contributed by atoms with E-state index in [-0.39, 0.29) is 30.6 Å². The average Bonchev–Trinajstić information content (AvgIpc) is 2.62. The molecule has 1 fully saturated rings. The van der Waals surface area contributed by atoms with E-state index in [9.17, 15) is 19.2 Å². The number of rotatable bonds is 6. The number of amides is 2. The van der Waals surface area contributed by atoms with Gasteiger partial charge >= 0.3 is 5.97 Å². The molecule has 1 saturated heterocycles. The highest BCUT2D eigenvalue weighted by molar-refractivity contribution is 6.00. The van der Waals surface area contributed by atoms with Gasteiger partial charge < -0.3 is 19.5 Å². The second-order valence-corrected chi connectivity index (χ2v) is 7.14. The summed E-state index contributed by atoms with van der Waals surface area (Å²) in [6.07, 6.45) is 2.25. The number of pyridine rings is 1. The summed E-state index contributed by atoms with van der Waals surface area (Å²) < 4.78 is 6.16. The Morgan fingerprint density at radius 1 is 1.33 bits per heavy atom. The van der Waals surface area contributed by atoms with Crippen LogP contribution in [0.15, 0.2) is 17.1 Å². The van der Waals surface area contributed by atoms with Crippen molar-refractivity contribution in [2.45, 2.75) is 46.2 Å². The number of methoxy groups -OCH3 is 1. The summed E-state index contributed by atoms with van der Waals surface area (Å²) in [5, 5.41) is 2.65. The van der Waals surface area contributed by atoms with Gasteiger partial charge in [0.25, 0.3) is 11.5 Å². The first-order valence-corrected chi connectivity index (χ1v) is 9.11. The molecule has 8 nitrogen and oxygen atoms in total. The summed E-state index contributed by atoms with van der Waals surface area (Å²) >= 11 is 0. The number of carbonyl (C=O) groups excluding carboxylic acids is 3. The van der Waals surface area contributed by atoms with Gasteiger partial charge in [0.2, 0.25) is 5.91 Å². The Balaban J connectivity index is 2.36. The standard InChI is InChI=1S/C19H27N3O5/c1-12(2)5-8-21-9-6-13(3)16(18(21)25)19(26)22-10-7-20-17(24)14(22)11-15(23)27-4/h6,9,12,14H,5,7-8,10-11H2,1-4H3,(H,20,24). The molecule has 1 unspecified atom stereocenters. The van der Waals surface area contributed by atoms with E-state index in [4.69, 9.17) is 0 Å². The van der Waals surface area contributed by atoms with Crippen molar-refractivity contribution in [2.24, 2.45) is 5.92 Å². The third-order valence-electron chi connectivity index (χ3n) is 4.71. The van der Waals surface area contributed by atoms with Crippen LogP contribution in [0.5, 0.6) is 0 Å². The van der Waals surface area contributed by atoms with Crippen LogP contribution in [0.2, 0.25) is 0 Å². The van der Waals surface area contributed by atoms with E-state index in [1.807, 2.05) is 0 Å². The van der Waals surface area contributed by atoms with Crippen LogP contribution in [-0.2, 0) is 20.9 Å². The van der Waals surface area contributed by atoms with Gasteiger partial charge in [0.15, 0.2) is 0 Å². The zero-order valence-corrected chi connectivity index (χ0v) is 16.3. The molecule has 148 valence electrons. The summed E-state index contributed by atoms with van der Waals surface area (Å²) in [6.45, 7) is 6.84. The van der Waals surface area contributed by atoms with Crippen LogP contribution >= 0.6 is 0 Å². The molecule has 0 saturated carbocycles. The lowest BCUT2D eigenvalue weighted by molar-refractivity contribution is -0.145. The number of hydrogen-bond donors (Lipinski definition) is 1. The Morgan fingerprint density at radius 2 is 2.04 bits per heavy atom. The molecule has 1 aromatic heterocycles. The van der Waals surface area contributed by atoms with E-state index in [2.05, 4.69) is 23.9 Å². The van der Waals surface area contributed by atoms with Gasteiger partial charge in [-0.15, -0.1) is 0 Å². The first-order chi connectivity index (χ1) is 12.8. The van der Waals surface area contributed by atoms with Gasteiger partial charge in [0.05, 0.1) is 13.5 Å². The first kappa shape index (κ1) is 20.7. The normalized spacial score (nSPS) is 17.0. The molecule has 1 aromatic rings. The Labute approximate surface area is 158 Å². The van der Waals surface area contributed by atoms with E-state index in [1.54, 1.807) is 19.2 Å². The Bertz CT molecular complexity index is 784. The number of nitrogens with zero attached hydrogens (tertiary/aromatic N) is 2. The molecule has 1 aliphatic rings. The van der Waals surface area contributed by atoms with Gasteiger partial charge in [-0.2, -0.15) is 0 Å².